The van der Waals surface area contributed by atoms with Crippen molar-refractivity contribution in [3.05, 3.63) is 54.0 Å². The molecule has 0 aliphatic rings. The molecule has 2 rings (SSSR count). The van der Waals surface area contributed by atoms with E-state index in [4.69, 9.17) is 9.15 Å². The average molecular weight is 387 g/mol. The summed E-state index contributed by atoms with van der Waals surface area (Å²) < 4.78 is 11.0. The second kappa shape index (κ2) is 11.7. The molecule has 0 radical (unpaired) electrons. The van der Waals surface area contributed by atoms with Crippen LogP contribution in [0.15, 0.2) is 46.9 Å². The number of carbonyl (C=O) groups is 2. The number of unbranched alkanes of at least 4 members (excludes halogenated alkanes) is 1. The molecular formula is C21H29N3O4. The lowest BCUT2D eigenvalue weighted by Gasteiger charge is -2.15. The van der Waals surface area contributed by atoms with Crippen LogP contribution in [0, 0.1) is 5.92 Å². The zero-order chi connectivity index (χ0) is 20.2. The van der Waals surface area contributed by atoms with E-state index in [1.54, 1.807) is 6.07 Å². The maximum absolute atomic E-state index is 12.1. The molecule has 1 heterocycles. The Morgan fingerprint density at radius 2 is 1.86 bits per heavy atom. The van der Waals surface area contributed by atoms with E-state index in [1.807, 2.05) is 30.3 Å². The minimum Gasteiger partial charge on any atom is -0.486 e. The van der Waals surface area contributed by atoms with E-state index in [1.165, 1.54) is 6.07 Å². The summed E-state index contributed by atoms with van der Waals surface area (Å²) in [6, 6.07) is 12.1. The van der Waals surface area contributed by atoms with Crippen LogP contribution in [0.1, 0.15) is 55.8 Å². The molecule has 1 atom stereocenters. The Morgan fingerprint density at radius 1 is 1.07 bits per heavy atom. The molecule has 28 heavy (non-hydrogen) atoms. The Labute approximate surface area is 165 Å². The van der Waals surface area contributed by atoms with Crippen LogP contribution >= 0.6 is 0 Å². The first-order chi connectivity index (χ1) is 13.6. The van der Waals surface area contributed by atoms with Crippen molar-refractivity contribution in [3.63, 3.8) is 0 Å². The number of amides is 3. The first-order valence-electron chi connectivity index (χ1n) is 9.73. The maximum Gasteiger partial charge on any atom is 0.333 e. The van der Waals surface area contributed by atoms with E-state index in [2.05, 4.69) is 30.0 Å². The number of ether oxygens (including phenoxy) is 1. The predicted molar refractivity (Wildman–Crippen MR) is 107 cm³/mol. The van der Waals surface area contributed by atoms with Gasteiger partial charge in [0.1, 0.15) is 18.1 Å². The fourth-order valence-corrected chi connectivity index (χ4v) is 2.65. The molecule has 2 aromatic rings. The molecule has 7 nitrogen and oxygen atoms in total. The molecular weight excluding hydrogens is 358 g/mol. The van der Waals surface area contributed by atoms with Gasteiger partial charge < -0.3 is 14.5 Å². The second-order valence-corrected chi connectivity index (χ2v) is 6.57. The highest BCUT2D eigenvalue weighted by Gasteiger charge is 2.13. The summed E-state index contributed by atoms with van der Waals surface area (Å²) in [7, 11) is 0. The van der Waals surface area contributed by atoms with Crippen molar-refractivity contribution < 1.29 is 18.7 Å². The SMILES string of the molecule is CCCCC(CC)CNC(=O)NNC(=O)c1ccc(COc2ccccc2)o1. The summed E-state index contributed by atoms with van der Waals surface area (Å²) in [6.45, 7) is 5.05. The highest BCUT2D eigenvalue weighted by molar-refractivity contribution is 5.92. The number of rotatable bonds is 10. The van der Waals surface area contributed by atoms with Crippen molar-refractivity contribution in [2.75, 3.05) is 6.54 Å². The molecule has 0 aliphatic carbocycles. The van der Waals surface area contributed by atoms with Crippen LogP contribution in [0.4, 0.5) is 4.79 Å². The van der Waals surface area contributed by atoms with Crippen molar-refractivity contribution in [1.29, 1.82) is 0 Å². The number of benzene rings is 1. The third kappa shape index (κ3) is 7.34. The number of carbonyl (C=O) groups excluding carboxylic acids is 2. The number of furan rings is 1. The molecule has 7 heteroatoms. The van der Waals surface area contributed by atoms with Crippen molar-refractivity contribution in [1.82, 2.24) is 16.2 Å². The number of urea groups is 1. The number of nitrogens with one attached hydrogen (secondary N) is 3. The van der Waals surface area contributed by atoms with Gasteiger partial charge in [-0.2, -0.15) is 0 Å². The quantitative estimate of drug-likeness (QED) is 0.537. The van der Waals surface area contributed by atoms with E-state index in [0.29, 0.717) is 24.0 Å². The van der Waals surface area contributed by atoms with Crippen LogP contribution in [0.3, 0.4) is 0 Å². The second-order valence-electron chi connectivity index (χ2n) is 6.57. The Balaban J connectivity index is 1.71. The normalized spacial score (nSPS) is 11.5. The van der Waals surface area contributed by atoms with Crippen molar-refractivity contribution in [3.8, 4) is 5.75 Å². The number of hydrogen-bond acceptors (Lipinski definition) is 4. The molecule has 152 valence electrons. The van der Waals surface area contributed by atoms with Gasteiger partial charge in [-0.3, -0.25) is 10.2 Å². The van der Waals surface area contributed by atoms with Crippen LogP contribution in [0.2, 0.25) is 0 Å². The third-order valence-electron chi connectivity index (χ3n) is 4.39. The van der Waals surface area contributed by atoms with Crippen molar-refractivity contribution >= 4 is 11.9 Å². The van der Waals surface area contributed by atoms with Crippen LogP contribution in [0.5, 0.6) is 5.75 Å². The molecule has 0 fully saturated rings. The molecule has 0 saturated carbocycles. The largest absolute Gasteiger partial charge is 0.486 e. The highest BCUT2D eigenvalue weighted by atomic mass is 16.5. The van der Waals surface area contributed by atoms with Gasteiger partial charge in [-0.05, 0) is 36.6 Å². The average Bonchev–Trinajstić information content (AvgIpc) is 3.20. The summed E-state index contributed by atoms with van der Waals surface area (Å²) in [5.74, 6) is 1.24. The van der Waals surface area contributed by atoms with Gasteiger partial charge in [0, 0.05) is 6.54 Å². The number of para-hydroxylation sites is 1. The molecule has 1 aromatic heterocycles. The van der Waals surface area contributed by atoms with Crippen LogP contribution < -0.4 is 20.9 Å². The summed E-state index contributed by atoms with van der Waals surface area (Å²) in [5.41, 5.74) is 4.68. The van der Waals surface area contributed by atoms with Gasteiger partial charge in [0.25, 0.3) is 0 Å². The van der Waals surface area contributed by atoms with Crippen molar-refractivity contribution in [2.45, 2.75) is 46.1 Å². The molecule has 3 amide bonds. The summed E-state index contributed by atoms with van der Waals surface area (Å²) in [6.07, 6.45) is 4.38. The fraction of sp³-hybridized carbons (Fsp3) is 0.429. The van der Waals surface area contributed by atoms with E-state index in [-0.39, 0.29) is 12.4 Å². The molecule has 1 unspecified atom stereocenters. The number of hydrogen-bond donors (Lipinski definition) is 3. The lowest BCUT2D eigenvalue weighted by molar-refractivity contribution is 0.0904. The molecule has 3 N–H and O–H groups in total. The third-order valence-corrected chi connectivity index (χ3v) is 4.39. The maximum atomic E-state index is 12.1. The van der Waals surface area contributed by atoms with E-state index in [9.17, 15) is 9.59 Å². The summed E-state index contributed by atoms with van der Waals surface area (Å²) in [4.78, 5) is 23.9. The zero-order valence-electron chi connectivity index (χ0n) is 16.5. The summed E-state index contributed by atoms with van der Waals surface area (Å²) in [5, 5.41) is 2.78. The Kier molecular flexibility index (Phi) is 8.91. The van der Waals surface area contributed by atoms with Gasteiger partial charge in [-0.15, -0.1) is 0 Å². The van der Waals surface area contributed by atoms with Crippen LogP contribution in [0.25, 0.3) is 0 Å². The van der Waals surface area contributed by atoms with Crippen molar-refractivity contribution in [2.24, 2.45) is 5.92 Å². The lowest BCUT2D eigenvalue weighted by Crippen LogP contribution is -2.47. The standard InChI is InChI=1S/C21H29N3O4/c1-3-5-9-16(4-2)14-22-21(26)24-23-20(25)19-13-12-18(28-19)15-27-17-10-7-6-8-11-17/h6-8,10-13,16H,3-5,9,14-15H2,1-2H3,(H,23,25)(H2,22,24,26). The highest BCUT2D eigenvalue weighted by Crippen LogP contribution is 2.14. The van der Waals surface area contributed by atoms with Crippen LogP contribution in [-0.4, -0.2) is 18.5 Å². The van der Waals surface area contributed by atoms with E-state index >= 15 is 0 Å². The monoisotopic (exact) mass is 387 g/mol. The van der Waals surface area contributed by atoms with E-state index < -0.39 is 11.9 Å². The summed E-state index contributed by atoms with van der Waals surface area (Å²) >= 11 is 0. The lowest BCUT2D eigenvalue weighted by atomic mass is 9.99. The predicted octanol–water partition coefficient (Wildman–Crippen LogP) is 4.02. The Bertz CT molecular complexity index is 730. The van der Waals surface area contributed by atoms with Gasteiger partial charge in [0.05, 0.1) is 0 Å². The molecule has 0 aliphatic heterocycles. The van der Waals surface area contributed by atoms with Gasteiger partial charge in [0.15, 0.2) is 5.76 Å². The van der Waals surface area contributed by atoms with Gasteiger partial charge in [-0.25, -0.2) is 10.2 Å². The smallest absolute Gasteiger partial charge is 0.333 e. The van der Waals surface area contributed by atoms with Gasteiger partial charge >= 0.3 is 11.9 Å². The Morgan fingerprint density at radius 3 is 2.57 bits per heavy atom. The topological polar surface area (TPSA) is 92.6 Å². The van der Waals surface area contributed by atoms with E-state index in [0.717, 1.165) is 25.7 Å². The first kappa shape index (κ1) is 21.3. The molecule has 0 saturated heterocycles. The minimum absolute atomic E-state index is 0.0985. The van der Waals surface area contributed by atoms with Gasteiger partial charge in [0.2, 0.25) is 0 Å². The Hall–Kier alpha value is -2.96. The molecule has 0 bridgehead atoms. The first-order valence-corrected chi connectivity index (χ1v) is 9.73. The fourth-order valence-electron chi connectivity index (χ4n) is 2.65. The zero-order valence-corrected chi connectivity index (χ0v) is 16.5. The number of hydrazine groups is 1. The van der Waals surface area contributed by atoms with Gasteiger partial charge in [-0.1, -0.05) is 51.3 Å². The van der Waals surface area contributed by atoms with Crippen LogP contribution in [-0.2, 0) is 6.61 Å². The minimum atomic E-state index is -0.529. The molecule has 1 aromatic carbocycles. The molecule has 0 spiro atoms.